The monoisotopic (exact) mass is 260 g/mol. The zero-order valence-electron chi connectivity index (χ0n) is 11.1. The number of rotatable bonds is 3. The van der Waals surface area contributed by atoms with Crippen LogP contribution < -0.4 is 0 Å². The Morgan fingerprint density at radius 2 is 1.83 bits per heavy atom. The molecule has 0 unspecified atom stereocenters. The number of aliphatic hydroxyl groups is 1. The van der Waals surface area contributed by atoms with E-state index in [1.54, 1.807) is 27.7 Å². The van der Waals surface area contributed by atoms with Gasteiger partial charge in [0, 0.05) is 0 Å². The molecule has 0 aromatic rings. The van der Waals surface area contributed by atoms with Crippen LogP contribution >= 0.6 is 0 Å². The zero-order valence-corrected chi connectivity index (χ0v) is 11.1. The summed E-state index contributed by atoms with van der Waals surface area (Å²) in [6.45, 7) is 6.83. The Labute approximate surface area is 106 Å². The maximum Gasteiger partial charge on any atom is 0.189 e. The Balaban J connectivity index is 2.12. The van der Waals surface area contributed by atoms with E-state index in [-0.39, 0.29) is 6.10 Å². The molecular weight excluding hydrogens is 240 g/mol. The van der Waals surface area contributed by atoms with Crippen molar-refractivity contribution in [2.24, 2.45) is 0 Å². The lowest BCUT2D eigenvalue weighted by atomic mass is 10.1. The smallest absolute Gasteiger partial charge is 0.189 e. The number of ketones is 1. The van der Waals surface area contributed by atoms with Crippen LogP contribution in [-0.4, -0.2) is 54.0 Å². The molecule has 0 aromatic heterocycles. The minimum Gasteiger partial charge on any atom is -0.388 e. The SMILES string of the molecule is CC1(C)O[C@H]([C@H]2COC(C)(C)O2)[C@@H](C(=O)CO)O1. The summed E-state index contributed by atoms with van der Waals surface area (Å²) in [4.78, 5) is 11.7. The molecule has 2 heterocycles. The van der Waals surface area contributed by atoms with Gasteiger partial charge in [-0.3, -0.25) is 4.79 Å². The first kappa shape index (κ1) is 13.9. The third-order valence-electron chi connectivity index (χ3n) is 3.00. The number of carbonyl (C=O) groups excluding carboxylic acids is 1. The first-order valence-corrected chi connectivity index (χ1v) is 6.05. The van der Waals surface area contributed by atoms with Gasteiger partial charge in [-0.25, -0.2) is 0 Å². The third-order valence-corrected chi connectivity index (χ3v) is 3.00. The number of ether oxygens (including phenoxy) is 4. The molecule has 0 saturated carbocycles. The van der Waals surface area contributed by atoms with Crippen molar-refractivity contribution in [3.63, 3.8) is 0 Å². The highest BCUT2D eigenvalue weighted by Gasteiger charge is 2.51. The van der Waals surface area contributed by atoms with Crippen LogP contribution in [0.1, 0.15) is 27.7 Å². The van der Waals surface area contributed by atoms with Crippen molar-refractivity contribution in [1.82, 2.24) is 0 Å². The van der Waals surface area contributed by atoms with E-state index in [9.17, 15) is 4.79 Å². The number of hydrogen-bond donors (Lipinski definition) is 1. The van der Waals surface area contributed by atoms with E-state index in [2.05, 4.69) is 0 Å². The van der Waals surface area contributed by atoms with Gasteiger partial charge in [-0.2, -0.15) is 0 Å². The summed E-state index contributed by atoms with van der Waals surface area (Å²) in [5.41, 5.74) is 0. The van der Waals surface area contributed by atoms with Crippen LogP contribution in [0.2, 0.25) is 0 Å². The minimum absolute atomic E-state index is 0.340. The first-order chi connectivity index (χ1) is 8.24. The highest BCUT2D eigenvalue weighted by atomic mass is 16.8. The lowest BCUT2D eigenvalue weighted by Crippen LogP contribution is -2.43. The average Bonchev–Trinajstić information content (AvgIpc) is 2.77. The molecule has 2 fully saturated rings. The lowest BCUT2D eigenvalue weighted by Gasteiger charge is -2.23. The molecule has 0 aromatic carbocycles. The molecule has 1 N–H and O–H groups in total. The molecule has 0 aliphatic carbocycles. The fourth-order valence-corrected chi connectivity index (χ4v) is 2.28. The molecule has 2 aliphatic rings. The van der Waals surface area contributed by atoms with Crippen molar-refractivity contribution in [2.45, 2.75) is 57.6 Å². The second-order valence-corrected chi connectivity index (χ2v) is 5.51. The van der Waals surface area contributed by atoms with E-state index >= 15 is 0 Å². The molecule has 0 radical (unpaired) electrons. The summed E-state index contributed by atoms with van der Waals surface area (Å²) in [6, 6.07) is 0. The Kier molecular flexibility index (Phi) is 3.50. The van der Waals surface area contributed by atoms with Crippen molar-refractivity contribution in [3.8, 4) is 0 Å². The van der Waals surface area contributed by atoms with E-state index < -0.39 is 36.2 Å². The van der Waals surface area contributed by atoms with Crippen LogP contribution in [0.3, 0.4) is 0 Å². The van der Waals surface area contributed by atoms with Gasteiger partial charge in [-0.15, -0.1) is 0 Å². The molecule has 104 valence electrons. The lowest BCUT2D eigenvalue weighted by molar-refractivity contribution is -0.175. The predicted octanol–water partition coefficient (Wildman–Crippen LogP) is 0.219. The molecule has 18 heavy (non-hydrogen) atoms. The Morgan fingerprint density at radius 1 is 1.17 bits per heavy atom. The Bertz CT molecular complexity index is 337. The van der Waals surface area contributed by atoms with Gasteiger partial charge >= 0.3 is 0 Å². The molecule has 0 amide bonds. The second kappa shape index (κ2) is 4.54. The minimum atomic E-state index is -0.865. The molecule has 0 spiro atoms. The van der Waals surface area contributed by atoms with Crippen molar-refractivity contribution in [3.05, 3.63) is 0 Å². The van der Waals surface area contributed by atoms with Gasteiger partial charge in [-0.05, 0) is 27.7 Å². The van der Waals surface area contributed by atoms with Crippen molar-refractivity contribution in [2.75, 3.05) is 13.2 Å². The van der Waals surface area contributed by atoms with Crippen LogP contribution in [-0.2, 0) is 23.7 Å². The number of hydrogen-bond acceptors (Lipinski definition) is 6. The van der Waals surface area contributed by atoms with Gasteiger partial charge in [0.15, 0.2) is 23.5 Å². The molecule has 6 nitrogen and oxygen atoms in total. The van der Waals surface area contributed by atoms with Crippen LogP contribution in [0, 0.1) is 0 Å². The highest BCUT2D eigenvalue weighted by Crippen LogP contribution is 2.35. The van der Waals surface area contributed by atoms with Crippen LogP contribution in [0.4, 0.5) is 0 Å². The van der Waals surface area contributed by atoms with E-state index in [1.165, 1.54) is 0 Å². The summed E-state index contributed by atoms with van der Waals surface area (Å²) in [5, 5.41) is 8.97. The maximum absolute atomic E-state index is 11.7. The fourth-order valence-electron chi connectivity index (χ4n) is 2.28. The van der Waals surface area contributed by atoms with Crippen molar-refractivity contribution >= 4 is 5.78 Å². The number of Topliss-reactive ketones (excluding diaryl/α,β-unsaturated/α-hetero) is 1. The molecule has 0 bridgehead atoms. The van der Waals surface area contributed by atoms with Crippen LogP contribution in [0.25, 0.3) is 0 Å². The largest absolute Gasteiger partial charge is 0.388 e. The molecule has 3 atom stereocenters. The molecule has 2 aliphatic heterocycles. The van der Waals surface area contributed by atoms with Gasteiger partial charge in [0.05, 0.1) is 6.61 Å². The predicted molar refractivity (Wildman–Crippen MR) is 60.8 cm³/mol. The second-order valence-electron chi connectivity index (χ2n) is 5.51. The number of aliphatic hydroxyl groups excluding tert-OH is 1. The van der Waals surface area contributed by atoms with Gasteiger partial charge < -0.3 is 24.1 Å². The summed E-state index contributed by atoms with van der Waals surface area (Å²) < 4.78 is 22.4. The van der Waals surface area contributed by atoms with Crippen LogP contribution in [0.15, 0.2) is 0 Å². The summed E-state index contributed by atoms with van der Waals surface area (Å²) in [6.07, 6.45) is -1.74. The quantitative estimate of drug-likeness (QED) is 0.782. The third kappa shape index (κ3) is 2.73. The van der Waals surface area contributed by atoms with Crippen molar-refractivity contribution in [1.29, 1.82) is 0 Å². The zero-order chi connectivity index (χ0) is 13.6. The van der Waals surface area contributed by atoms with Gasteiger partial charge in [0.25, 0.3) is 0 Å². The molecular formula is C12H20O6. The van der Waals surface area contributed by atoms with Crippen LogP contribution in [0.5, 0.6) is 0 Å². The van der Waals surface area contributed by atoms with Gasteiger partial charge in [0.2, 0.25) is 0 Å². The van der Waals surface area contributed by atoms with Gasteiger partial charge in [-0.1, -0.05) is 0 Å². The maximum atomic E-state index is 11.7. The summed E-state index contributed by atoms with van der Waals surface area (Å²) >= 11 is 0. The molecule has 2 saturated heterocycles. The molecule has 6 heteroatoms. The summed E-state index contributed by atoms with van der Waals surface area (Å²) in [7, 11) is 0. The van der Waals surface area contributed by atoms with E-state index in [1.807, 2.05) is 0 Å². The number of carbonyl (C=O) groups is 1. The molecule has 2 rings (SSSR count). The van der Waals surface area contributed by atoms with Crippen molar-refractivity contribution < 1.29 is 28.8 Å². The Morgan fingerprint density at radius 3 is 2.33 bits per heavy atom. The average molecular weight is 260 g/mol. The Hall–Kier alpha value is -0.530. The van der Waals surface area contributed by atoms with Gasteiger partial charge in [0.1, 0.15) is 18.8 Å². The topological polar surface area (TPSA) is 74.2 Å². The van der Waals surface area contributed by atoms with E-state index in [0.717, 1.165) is 0 Å². The normalized spacial score (nSPS) is 37.9. The first-order valence-electron chi connectivity index (χ1n) is 6.05. The van der Waals surface area contributed by atoms with E-state index in [4.69, 9.17) is 24.1 Å². The van der Waals surface area contributed by atoms with E-state index in [0.29, 0.717) is 6.61 Å². The summed E-state index contributed by atoms with van der Waals surface area (Å²) in [5.74, 6) is -1.96. The highest BCUT2D eigenvalue weighted by molar-refractivity contribution is 5.85. The standard InChI is InChI=1S/C12H20O6/c1-11(2)15-6-8(16-11)10-9(7(14)5-13)17-12(3,4)18-10/h8-10,13H,5-6H2,1-4H3/t8-,9-,10-/m1/s1. The fraction of sp³-hybridized carbons (Fsp3) is 0.917.